The van der Waals surface area contributed by atoms with E-state index in [4.69, 9.17) is 0 Å². The summed E-state index contributed by atoms with van der Waals surface area (Å²) in [7, 11) is 0. The first-order chi connectivity index (χ1) is 4.49. The number of thioether (sulfide) groups is 1. The maximum atomic E-state index is 10.9. The van der Waals surface area contributed by atoms with E-state index in [9.17, 15) is 4.79 Å². The highest BCUT2D eigenvalue weighted by molar-refractivity contribution is 8.16. The average molecular weight is 157 g/mol. The van der Waals surface area contributed by atoms with Gasteiger partial charge in [-0.25, -0.2) is 0 Å². The van der Waals surface area contributed by atoms with Crippen molar-refractivity contribution in [3.05, 3.63) is 11.0 Å². The number of nitrogens with one attached hydrogen (secondary N) is 1. The van der Waals surface area contributed by atoms with Gasteiger partial charge in [-0.1, -0.05) is 0 Å². The molecule has 0 spiro atoms. The van der Waals surface area contributed by atoms with Gasteiger partial charge in [0, 0.05) is 0 Å². The fourth-order valence-electron chi connectivity index (χ4n) is 1.01. The first-order valence-electron chi connectivity index (χ1n) is 3.19. The van der Waals surface area contributed by atoms with Crippen molar-refractivity contribution in [1.82, 2.24) is 5.32 Å². The van der Waals surface area contributed by atoms with E-state index in [1.807, 2.05) is 20.8 Å². The van der Waals surface area contributed by atoms with E-state index in [1.54, 1.807) is 0 Å². The summed E-state index contributed by atoms with van der Waals surface area (Å²) in [5, 5.41) is 2.88. The molecule has 1 heterocycles. The van der Waals surface area contributed by atoms with Crippen LogP contribution < -0.4 is 5.32 Å². The molecule has 1 aliphatic rings. The van der Waals surface area contributed by atoms with Gasteiger partial charge in [0.25, 0.3) is 5.24 Å². The summed E-state index contributed by atoms with van der Waals surface area (Å²) < 4.78 is 0. The molecule has 0 unspecified atom stereocenters. The quantitative estimate of drug-likeness (QED) is 0.583. The van der Waals surface area contributed by atoms with Crippen LogP contribution in [0.2, 0.25) is 0 Å². The minimum Gasteiger partial charge on any atom is -0.338 e. The molecule has 0 saturated heterocycles. The van der Waals surface area contributed by atoms with E-state index in [1.165, 1.54) is 11.8 Å². The predicted molar refractivity (Wildman–Crippen MR) is 44.0 cm³/mol. The maximum absolute atomic E-state index is 10.9. The van der Waals surface area contributed by atoms with Gasteiger partial charge >= 0.3 is 0 Å². The van der Waals surface area contributed by atoms with Crippen LogP contribution in [-0.2, 0) is 0 Å². The SMILES string of the molecule is CC1=CC(C)(C)NC(=O)S1. The molecular formula is C7H11NOS. The third-order valence-electron chi connectivity index (χ3n) is 1.24. The van der Waals surface area contributed by atoms with Crippen LogP contribution in [0.5, 0.6) is 0 Å². The van der Waals surface area contributed by atoms with Gasteiger partial charge in [-0.05, 0) is 43.5 Å². The molecule has 0 aromatic heterocycles. The lowest BCUT2D eigenvalue weighted by molar-refractivity contribution is 0.255. The van der Waals surface area contributed by atoms with Gasteiger partial charge in [0.05, 0.1) is 5.54 Å². The van der Waals surface area contributed by atoms with Crippen LogP contribution in [-0.4, -0.2) is 10.8 Å². The summed E-state index contributed by atoms with van der Waals surface area (Å²) in [4.78, 5) is 12.0. The zero-order chi connectivity index (χ0) is 7.78. The van der Waals surface area contributed by atoms with Crippen molar-refractivity contribution in [2.24, 2.45) is 0 Å². The van der Waals surface area contributed by atoms with Gasteiger partial charge in [-0.3, -0.25) is 4.79 Å². The maximum Gasteiger partial charge on any atom is 0.284 e. The van der Waals surface area contributed by atoms with Crippen molar-refractivity contribution in [1.29, 1.82) is 0 Å². The Morgan fingerprint density at radius 1 is 1.60 bits per heavy atom. The Balaban J connectivity index is 2.83. The molecule has 0 aromatic carbocycles. The summed E-state index contributed by atoms with van der Waals surface area (Å²) >= 11 is 1.25. The lowest BCUT2D eigenvalue weighted by Crippen LogP contribution is -2.42. The minimum absolute atomic E-state index is 0.0463. The summed E-state index contributed by atoms with van der Waals surface area (Å²) in [5.74, 6) is 0. The van der Waals surface area contributed by atoms with Crippen molar-refractivity contribution < 1.29 is 4.79 Å². The number of hydrogen-bond donors (Lipinski definition) is 1. The number of hydrogen-bond acceptors (Lipinski definition) is 2. The third-order valence-corrected chi connectivity index (χ3v) is 1.97. The van der Waals surface area contributed by atoms with E-state index in [-0.39, 0.29) is 10.8 Å². The Bertz CT molecular complexity index is 196. The van der Waals surface area contributed by atoms with Gasteiger partial charge in [0.2, 0.25) is 0 Å². The summed E-state index contributed by atoms with van der Waals surface area (Å²) in [6.07, 6.45) is 2.05. The van der Waals surface area contributed by atoms with Gasteiger partial charge in [-0.2, -0.15) is 0 Å². The molecular weight excluding hydrogens is 146 g/mol. The Hall–Kier alpha value is -0.440. The average Bonchev–Trinajstić information content (AvgIpc) is 1.54. The van der Waals surface area contributed by atoms with Gasteiger partial charge in [-0.15, -0.1) is 0 Å². The standard InChI is InChI=1S/C7H11NOS/c1-5-4-7(2,3)8-6(9)10-5/h4H,1-3H3,(H,8,9). The topological polar surface area (TPSA) is 29.1 Å². The lowest BCUT2D eigenvalue weighted by Gasteiger charge is -2.26. The molecule has 56 valence electrons. The molecule has 0 saturated carbocycles. The van der Waals surface area contributed by atoms with Crippen LogP contribution in [0.15, 0.2) is 11.0 Å². The van der Waals surface area contributed by atoms with Crippen LogP contribution in [0, 0.1) is 0 Å². The summed E-state index contributed by atoms with van der Waals surface area (Å²) in [6.45, 7) is 5.91. The molecule has 1 aliphatic heterocycles. The first kappa shape index (κ1) is 7.66. The first-order valence-corrected chi connectivity index (χ1v) is 4.01. The Labute approximate surface area is 65.1 Å². The van der Waals surface area contributed by atoms with Crippen LogP contribution in [0.25, 0.3) is 0 Å². The van der Waals surface area contributed by atoms with E-state index < -0.39 is 0 Å². The van der Waals surface area contributed by atoms with Crippen molar-refractivity contribution in [2.75, 3.05) is 0 Å². The molecule has 0 fully saturated rings. The fourth-order valence-corrected chi connectivity index (χ4v) is 1.97. The Kier molecular flexibility index (Phi) is 1.77. The monoisotopic (exact) mass is 157 g/mol. The molecule has 0 aromatic rings. The highest BCUT2D eigenvalue weighted by atomic mass is 32.2. The number of allylic oxidation sites excluding steroid dienone is 1. The second kappa shape index (κ2) is 2.31. The van der Waals surface area contributed by atoms with Crippen molar-refractivity contribution in [2.45, 2.75) is 26.3 Å². The smallest absolute Gasteiger partial charge is 0.284 e. The summed E-state index contributed by atoms with van der Waals surface area (Å²) in [5.41, 5.74) is -0.160. The molecule has 0 bridgehead atoms. The molecule has 1 rings (SSSR count). The zero-order valence-corrected chi connectivity index (χ0v) is 7.21. The van der Waals surface area contributed by atoms with E-state index in [0.717, 1.165) is 4.91 Å². The van der Waals surface area contributed by atoms with Crippen LogP contribution in [0.4, 0.5) is 4.79 Å². The van der Waals surface area contributed by atoms with Crippen LogP contribution in [0.1, 0.15) is 20.8 Å². The van der Waals surface area contributed by atoms with Gasteiger partial charge in [0.15, 0.2) is 0 Å². The molecule has 0 aliphatic carbocycles. The number of rotatable bonds is 0. The normalized spacial score (nSPS) is 23.5. The van der Waals surface area contributed by atoms with Crippen LogP contribution in [0.3, 0.4) is 0 Å². The van der Waals surface area contributed by atoms with Crippen molar-refractivity contribution in [3.63, 3.8) is 0 Å². The van der Waals surface area contributed by atoms with E-state index in [0.29, 0.717) is 0 Å². The Morgan fingerprint density at radius 3 is 2.60 bits per heavy atom. The van der Waals surface area contributed by atoms with Gasteiger partial charge < -0.3 is 5.32 Å². The summed E-state index contributed by atoms with van der Waals surface area (Å²) in [6, 6.07) is 0. The largest absolute Gasteiger partial charge is 0.338 e. The molecule has 2 nitrogen and oxygen atoms in total. The Morgan fingerprint density at radius 2 is 2.20 bits per heavy atom. The molecule has 1 N–H and O–H groups in total. The fraction of sp³-hybridized carbons (Fsp3) is 0.571. The predicted octanol–water partition coefficient (Wildman–Crippen LogP) is 2.13. The molecule has 1 amide bonds. The van der Waals surface area contributed by atoms with E-state index >= 15 is 0 Å². The zero-order valence-electron chi connectivity index (χ0n) is 6.39. The van der Waals surface area contributed by atoms with Crippen molar-refractivity contribution >= 4 is 17.0 Å². The molecule has 0 radical (unpaired) electrons. The highest BCUT2D eigenvalue weighted by Crippen LogP contribution is 2.25. The lowest BCUT2D eigenvalue weighted by atomic mass is 10.1. The molecule has 3 heteroatoms. The van der Waals surface area contributed by atoms with Gasteiger partial charge in [0.1, 0.15) is 0 Å². The molecule has 10 heavy (non-hydrogen) atoms. The van der Waals surface area contributed by atoms with E-state index in [2.05, 4.69) is 11.4 Å². The van der Waals surface area contributed by atoms with Crippen molar-refractivity contribution in [3.8, 4) is 0 Å². The number of carbonyl (C=O) groups is 1. The highest BCUT2D eigenvalue weighted by Gasteiger charge is 2.23. The third kappa shape index (κ3) is 1.77. The minimum atomic E-state index is -0.160. The second-order valence-corrected chi connectivity index (χ2v) is 4.21. The van der Waals surface area contributed by atoms with Crippen LogP contribution >= 0.6 is 11.8 Å². The number of amides is 1. The second-order valence-electron chi connectivity index (χ2n) is 2.99. The molecule has 0 atom stereocenters. The number of carbonyl (C=O) groups excluding carboxylic acids is 1.